The molecule has 1 saturated carbocycles. The van der Waals surface area contributed by atoms with Crippen LogP contribution in [0.4, 0.5) is 11.5 Å². The summed E-state index contributed by atoms with van der Waals surface area (Å²) in [5, 5.41) is 3.11. The normalized spacial score (nSPS) is 13.9. The van der Waals surface area contributed by atoms with Crippen LogP contribution in [0.25, 0.3) is 0 Å². The third kappa shape index (κ3) is 3.75. The first-order valence-electron chi connectivity index (χ1n) is 7.04. The zero-order valence-electron chi connectivity index (χ0n) is 11.6. The van der Waals surface area contributed by atoms with E-state index in [2.05, 4.69) is 15.3 Å². The summed E-state index contributed by atoms with van der Waals surface area (Å²) in [5.74, 6) is 2.57. The highest BCUT2D eigenvalue weighted by atomic mass is 16.5. The van der Waals surface area contributed by atoms with Gasteiger partial charge in [0, 0.05) is 17.7 Å². The van der Waals surface area contributed by atoms with E-state index in [0.29, 0.717) is 30.6 Å². The highest BCUT2D eigenvalue weighted by molar-refractivity contribution is 5.41. The molecule has 1 aromatic heterocycles. The Labute approximate surface area is 122 Å². The summed E-state index contributed by atoms with van der Waals surface area (Å²) in [6, 6.07) is 8.71. The van der Waals surface area contributed by atoms with Gasteiger partial charge in [0.25, 0.3) is 5.56 Å². The first-order valence-corrected chi connectivity index (χ1v) is 7.04. The molecule has 110 valence electrons. The van der Waals surface area contributed by atoms with Crippen molar-refractivity contribution in [2.75, 3.05) is 24.2 Å². The van der Waals surface area contributed by atoms with Gasteiger partial charge in [-0.1, -0.05) is 0 Å². The summed E-state index contributed by atoms with van der Waals surface area (Å²) in [4.78, 5) is 18.7. The number of ether oxygens (including phenoxy) is 1. The third-order valence-electron chi connectivity index (χ3n) is 3.28. The quantitative estimate of drug-likeness (QED) is 0.555. The van der Waals surface area contributed by atoms with Gasteiger partial charge in [-0.3, -0.25) is 4.79 Å². The number of nitrogens with two attached hydrogens (primary N) is 1. The molecule has 21 heavy (non-hydrogen) atoms. The minimum atomic E-state index is -0.117. The van der Waals surface area contributed by atoms with Crippen LogP contribution < -0.4 is 21.3 Å². The van der Waals surface area contributed by atoms with E-state index in [4.69, 9.17) is 10.5 Å². The van der Waals surface area contributed by atoms with Crippen LogP contribution in [0.3, 0.4) is 0 Å². The lowest BCUT2D eigenvalue weighted by Gasteiger charge is -2.09. The smallest absolute Gasteiger partial charge is 0.252 e. The summed E-state index contributed by atoms with van der Waals surface area (Å²) in [5.41, 5.74) is 6.20. The average Bonchev–Trinajstić information content (AvgIpc) is 3.29. The maximum Gasteiger partial charge on any atom is 0.252 e. The molecule has 0 saturated heterocycles. The van der Waals surface area contributed by atoms with Gasteiger partial charge >= 0.3 is 0 Å². The molecule has 0 aliphatic heterocycles. The summed E-state index contributed by atoms with van der Waals surface area (Å²) in [7, 11) is 0. The Bertz CT molecular complexity index is 662. The molecule has 1 aliphatic carbocycles. The molecular formula is C15H18N4O2. The second-order valence-electron chi connectivity index (χ2n) is 5.13. The summed E-state index contributed by atoms with van der Waals surface area (Å²) < 4.78 is 5.57. The standard InChI is InChI=1S/C15H18N4O2/c16-11-3-5-12(6-4-11)21-8-7-17-13-9-14(20)19-15(18-13)10-1-2-10/h3-6,9-10H,1-2,7-8,16H2,(H2,17,18,19,20). The molecule has 3 rings (SSSR count). The molecule has 1 aromatic carbocycles. The first kappa shape index (κ1) is 13.5. The van der Waals surface area contributed by atoms with Gasteiger partial charge in [-0.05, 0) is 37.1 Å². The van der Waals surface area contributed by atoms with Crippen molar-refractivity contribution in [3.05, 3.63) is 46.5 Å². The molecule has 1 fully saturated rings. The van der Waals surface area contributed by atoms with Crippen molar-refractivity contribution in [3.63, 3.8) is 0 Å². The first-order chi connectivity index (χ1) is 10.2. The van der Waals surface area contributed by atoms with Crippen LogP contribution in [0.1, 0.15) is 24.6 Å². The molecule has 0 atom stereocenters. The second-order valence-corrected chi connectivity index (χ2v) is 5.13. The van der Waals surface area contributed by atoms with E-state index in [1.54, 1.807) is 12.1 Å². The maximum absolute atomic E-state index is 11.6. The number of hydrogen-bond donors (Lipinski definition) is 3. The van der Waals surface area contributed by atoms with Crippen molar-refractivity contribution >= 4 is 11.5 Å². The number of nitrogens with zero attached hydrogens (tertiary/aromatic N) is 1. The van der Waals surface area contributed by atoms with E-state index in [1.807, 2.05) is 12.1 Å². The molecule has 2 aromatic rings. The molecule has 1 aliphatic rings. The van der Waals surface area contributed by atoms with E-state index in [0.717, 1.165) is 24.4 Å². The molecule has 1 heterocycles. The van der Waals surface area contributed by atoms with Gasteiger partial charge in [-0.15, -0.1) is 0 Å². The number of benzene rings is 1. The third-order valence-corrected chi connectivity index (χ3v) is 3.28. The number of aromatic nitrogens is 2. The molecule has 0 radical (unpaired) electrons. The molecule has 0 spiro atoms. The Kier molecular flexibility index (Phi) is 3.77. The molecular weight excluding hydrogens is 268 g/mol. The van der Waals surface area contributed by atoms with Gasteiger partial charge in [0.15, 0.2) is 0 Å². The van der Waals surface area contributed by atoms with Crippen LogP contribution in [0.15, 0.2) is 35.1 Å². The SMILES string of the molecule is Nc1ccc(OCCNc2cc(=O)[nH]c(C3CC3)n2)cc1. The van der Waals surface area contributed by atoms with Crippen molar-refractivity contribution in [1.29, 1.82) is 0 Å². The van der Waals surface area contributed by atoms with Crippen molar-refractivity contribution in [3.8, 4) is 5.75 Å². The van der Waals surface area contributed by atoms with Crippen LogP contribution in [-0.4, -0.2) is 23.1 Å². The molecule has 6 nitrogen and oxygen atoms in total. The Morgan fingerprint density at radius 1 is 1.33 bits per heavy atom. The lowest BCUT2D eigenvalue weighted by atomic mass is 10.3. The van der Waals surface area contributed by atoms with Crippen LogP contribution in [0.5, 0.6) is 5.75 Å². The van der Waals surface area contributed by atoms with Gasteiger partial charge in [0.2, 0.25) is 0 Å². The Morgan fingerprint density at radius 2 is 2.10 bits per heavy atom. The highest BCUT2D eigenvalue weighted by Crippen LogP contribution is 2.37. The van der Waals surface area contributed by atoms with Crippen LogP contribution in [0.2, 0.25) is 0 Å². The molecule has 0 amide bonds. The van der Waals surface area contributed by atoms with Gasteiger partial charge in [0.1, 0.15) is 24.0 Å². The molecule has 6 heteroatoms. The monoisotopic (exact) mass is 286 g/mol. The fourth-order valence-electron chi connectivity index (χ4n) is 2.03. The average molecular weight is 286 g/mol. The van der Waals surface area contributed by atoms with Crippen molar-refractivity contribution in [2.45, 2.75) is 18.8 Å². The Hall–Kier alpha value is -2.50. The zero-order chi connectivity index (χ0) is 14.7. The number of nitrogen functional groups attached to an aromatic ring is 1. The van der Waals surface area contributed by atoms with Gasteiger partial charge in [0.05, 0.1) is 6.54 Å². The Balaban J connectivity index is 1.51. The second kappa shape index (κ2) is 5.87. The van der Waals surface area contributed by atoms with Crippen LogP contribution >= 0.6 is 0 Å². The molecule has 0 unspecified atom stereocenters. The highest BCUT2D eigenvalue weighted by Gasteiger charge is 2.26. The number of hydrogen-bond acceptors (Lipinski definition) is 5. The molecule has 0 bridgehead atoms. The zero-order valence-corrected chi connectivity index (χ0v) is 11.6. The number of H-pyrrole nitrogens is 1. The predicted molar refractivity (Wildman–Crippen MR) is 81.7 cm³/mol. The lowest BCUT2D eigenvalue weighted by Crippen LogP contribution is -2.17. The number of anilines is 2. The topological polar surface area (TPSA) is 93.0 Å². The minimum Gasteiger partial charge on any atom is -0.492 e. The fraction of sp³-hybridized carbons (Fsp3) is 0.333. The maximum atomic E-state index is 11.6. The van der Waals surface area contributed by atoms with E-state index < -0.39 is 0 Å². The van der Waals surface area contributed by atoms with Crippen LogP contribution in [-0.2, 0) is 0 Å². The van der Waals surface area contributed by atoms with Gasteiger partial charge in [-0.2, -0.15) is 0 Å². The van der Waals surface area contributed by atoms with Gasteiger partial charge < -0.3 is 20.8 Å². The molecule has 4 N–H and O–H groups in total. The fourth-order valence-corrected chi connectivity index (χ4v) is 2.03. The van der Waals surface area contributed by atoms with E-state index in [9.17, 15) is 4.79 Å². The van der Waals surface area contributed by atoms with Crippen molar-refractivity contribution in [1.82, 2.24) is 9.97 Å². The predicted octanol–water partition coefficient (Wildman–Crippen LogP) is 1.72. The summed E-state index contributed by atoms with van der Waals surface area (Å²) in [6.45, 7) is 1.06. The largest absolute Gasteiger partial charge is 0.492 e. The Morgan fingerprint density at radius 3 is 2.81 bits per heavy atom. The van der Waals surface area contributed by atoms with E-state index in [-0.39, 0.29) is 5.56 Å². The number of rotatable bonds is 6. The van der Waals surface area contributed by atoms with Crippen molar-refractivity contribution in [2.24, 2.45) is 0 Å². The van der Waals surface area contributed by atoms with Gasteiger partial charge in [-0.25, -0.2) is 4.98 Å². The number of aromatic amines is 1. The van der Waals surface area contributed by atoms with E-state index >= 15 is 0 Å². The summed E-state index contributed by atoms with van der Waals surface area (Å²) >= 11 is 0. The number of nitrogens with one attached hydrogen (secondary N) is 2. The van der Waals surface area contributed by atoms with Crippen LogP contribution in [0, 0.1) is 0 Å². The lowest BCUT2D eigenvalue weighted by molar-refractivity contribution is 0.333. The van der Waals surface area contributed by atoms with Crippen molar-refractivity contribution < 1.29 is 4.74 Å². The summed E-state index contributed by atoms with van der Waals surface area (Å²) in [6.07, 6.45) is 2.21. The van der Waals surface area contributed by atoms with E-state index in [1.165, 1.54) is 6.07 Å². The minimum absolute atomic E-state index is 0.117.